The third-order valence-electron chi connectivity index (χ3n) is 4.53. The van der Waals surface area contributed by atoms with Gasteiger partial charge in [0.15, 0.2) is 0 Å². The van der Waals surface area contributed by atoms with Crippen molar-refractivity contribution >= 4 is 22.0 Å². The van der Waals surface area contributed by atoms with Gasteiger partial charge < -0.3 is 10.2 Å². The molecular formula is C19H29N3O3S. The molecule has 1 heterocycles. The summed E-state index contributed by atoms with van der Waals surface area (Å²) >= 11 is 0. The lowest BCUT2D eigenvalue weighted by atomic mass is 10.1. The summed E-state index contributed by atoms with van der Waals surface area (Å²) in [7, 11) is -2.06. The monoisotopic (exact) mass is 379 g/mol. The number of carbonyl (C=O) groups is 1. The first kappa shape index (κ1) is 20.6. The van der Waals surface area contributed by atoms with Gasteiger partial charge in [0.25, 0.3) is 0 Å². The number of sulfonamides is 1. The standard InChI is InChI=1S/C19H29N3O3S/c1-16(15-22-12-4-3-5-13-22)14-21-19(23)11-8-17-6-9-18(10-7-17)26(24,25)20-2/h6-11,16,20H,3-5,12-15H2,1-2H3,(H,21,23). The van der Waals surface area contributed by atoms with E-state index in [1.807, 2.05) is 0 Å². The Hall–Kier alpha value is -1.70. The molecule has 1 aliphatic heterocycles. The van der Waals surface area contributed by atoms with E-state index in [4.69, 9.17) is 0 Å². The summed E-state index contributed by atoms with van der Waals surface area (Å²) in [4.78, 5) is 14.6. The number of likely N-dealkylation sites (tertiary alicyclic amines) is 1. The van der Waals surface area contributed by atoms with Gasteiger partial charge >= 0.3 is 0 Å². The topological polar surface area (TPSA) is 78.5 Å². The highest BCUT2D eigenvalue weighted by molar-refractivity contribution is 7.89. The second-order valence-corrected chi connectivity index (χ2v) is 8.71. The van der Waals surface area contributed by atoms with Crippen LogP contribution in [0.15, 0.2) is 35.2 Å². The number of piperidine rings is 1. The molecule has 1 unspecified atom stereocenters. The molecule has 2 rings (SSSR count). The smallest absolute Gasteiger partial charge is 0.244 e. The van der Waals surface area contributed by atoms with E-state index in [-0.39, 0.29) is 10.8 Å². The predicted molar refractivity (Wildman–Crippen MR) is 104 cm³/mol. The van der Waals surface area contributed by atoms with Crippen LogP contribution in [0.2, 0.25) is 0 Å². The number of carbonyl (C=O) groups excluding carboxylic acids is 1. The van der Waals surface area contributed by atoms with Crippen LogP contribution >= 0.6 is 0 Å². The number of hydrogen-bond donors (Lipinski definition) is 2. The quantitative estimate of drug-likeness (QED) is 0.676. The highest BCUT2D eigenvalue weighted by atomic mass is 32.2. The fraction of sp³-hybridized carbons (Fsp3) is 0.526. The molecule has 144 valence electrons. The summed E-state index contributed by atoms with van der Waals surface area (Å²) in [5, 5.41) is 2.93. The second kappa shape index (κ2) is 9.85. The Bertz CT molecular complexity index is 708. The van der Waals surface area contributed by atoms with Gasteiger partial charge in [-0.2, -0.15) is 0 Å². The Balaban J connectivity index is 1.77. The molecule has 0 radical (unpaired) electrons. The number of hydrogen-bond acceptors (Lipinski definition) is 4. The molecule has 0 aliphatic carbocycles. The molecule has 26 heavy (non-hydrogen) atoms. The molecule has 1 saturated heterocycles. The SMILES string of the molecule is CNS(=O)(=O)c1ccc(C=CC(=O)NCC(C)CN2CCCCC2)cc1. The number of benzene rings is 1. The number of nitrogens with one attached hydrogen (secondary N) is 2. The van der Waals surface area contributed by atoms with Crippen LogP contribution < -0.4 is 10.0 Å². The van der Waals surface area contributed by atoms with E-state index in [0.29, 0.717) is 12.5 Å². The number of rotatable bonds is 8. The van der Waals surface area contributed by atoms with Crippen molar-refractivity contribution < 1.29 is 13.2 Å². The zero-order valence-electron chi connectivity index (χ0n) is 15.6. The average molecular weight is 380 g/mol. The summed E-state index contributed by atoms with van der Waals surface area (Å²) in [5.41, 5.74) is 0.775. The summed E-state index contributed by atoms with van der Waals surface area (Å²) in [5.74, 6) is 0.277. The molecule has 7 heteroatoms. The number of amides is 1. The molecular weight excluding hydrogens is 350 g/mol. The molecule has 1 atom stereocenters. The Kier molecular flexibility index (Phi) is 7.81. The summed E-state index contributed by atoms with van der Waals surface area (Å²) in [6, 6.07) is 6.38. The molecule has 1 amide bonds. The van der Waals surface area contributed by atoms with Gasteiger partial charge in [-0.15, -0.1) is 0 Å². The minimum atomic E-state index is -3.43. The van der Waals surface area contributed by atoms with Crippen LogP contribution in [-0.2, 0) is 14.8 Å². The van der Waals surface area contributed by atoms with Crippen molar-refractivity contribution in [2.24, 2.45) is 5.92 Å². The van der Waals surface area contributed by atoms with E-state index >= 15 is 0 Å². The molecule has 1 aliphatic rings. The van der Waals surface area contributed by atoms with Crippen LogP contribution in [0.1, 0.15) is 31.7 Å². The summed E-state index contributed by atoms with van der Waals surface area (Å²) in [6.07, 6.45) is 7.04. The van der Waals surface area contributed by atoms with Crippen molar-refractivity contribution in [3.05, 3.63) is 35.9 Å². The highest BCUT2D eigenvalue weighted by Crippen LogP contribution is 2.12. The number of nitrogens with zero attached hydrogens (tertiary/aromatic N) is 1. The van der Waals surface area contributed by atoms with E-state index in [9.17, 15) is 13.2 Å². The largest absolute Gasteiger partial charge is 0.352 e. The molecule has 0 saturated carbocycles. The van der Waals surface area contributed by atoms with Gasteiger partial charge in [-0.1, -0.05) is 25.5 Å². The van der Waals surface area contributed by atoms with Gasteiger partial charge in [-0.05, 0) is 62.7 Å². The maximum atomic E-state index is 12.0. The van der Waals surface area contributed by atoms with Gasteiger partial charge in [0, 0.05) is 19.2 Å². The predicted octanol–water partition coefficient (Wildman–Crippen LogP) is 1.85. The Morgan fingerprint density at radius 1 is 1.19 bits per heavy atom. The van der Waals surface area contributed by atoms with E-state index in [1.54, 1.807) is 18.2 Å². The van der Waals surface area contributed by atoms with Crippen molar-refractivity contribution in [2.45, 2.75) is 31.1 Å². The maximum Gasteiger partial charge on any atom is 0.244 e. The van der Waals surface area contributed by atoms with Crippen molar-refractivity contribution in [3.8, 4) is 0 Å². The molecule has 2 N–H and O–H groups in total. The van der Waals surface area contributed by atoms with Crippen LogP contribution in [0.5, 0.6) is 0 Å². The fourth-order valence-corrected chi connectivity index (χ4v) is 3.76. The molecule has 1 fully saturated rings. The van der Waals surface area contributed by atoms with Crippen LogP contribution in [0.4, 0.5) is 0 Å². The zero-order chi connectivity index (χ0) is 19.0. The second-order valence-electron chi connectivity index (χ2n) is 6.82. The molecule has 0 aromatic heterocycles. The van der Waals surface area contributed by atoms with E-state index in [1.165, 1.54) is 44.5 Å². The van der Waals surface area contributed by atoms with E-state index in [2.05, 4.69) is 21.9 Å². The van der Waals surface area contributed by atoms with Crippen molar-refractivity contribution in [3.63, 3.8) is 0 Å². The Labute approximate surface area is 156 Å². The molecule has 6 nitrogen and oxygen atoms in total. The third-order valence-corrected chi connectivity index (χ3v) is 5.96. The van der Waals surface area contributed by atoms with Gasteiger partial charge in [0.1, 0.15) is 0 Å². The first-order valence-corrected chi connectivity index (χ1v) is 10.6. The Morgan fingerprint density at radius 3 is 2.46 bits per heavy atom. The minimum Gasteiger partial charge on any atom is -0.352 e. The maximum absolute atomic E-state index is 12.0. The zero-order valence-corrected chi connectivity index (χ0v) is 16.4. The van der Waals surface area contributed by atoms with Crippen molar-refractivity contribution in [2.75, 3.05) is 33.2 Å². The van der Waals surface area contributed by atoms with Gasteiger partial charge in [-0.25, -0.2) is 13.1 Å². The van der Waals surface area contributed by atoms with Crippen LogP contribution in [-0.4, -0.2) is 52.5 Å². The first-order chi connectivity index (χ1) is 12.4. The van der Waals surface area contributed by atoms with E-state index < -0.39 is 10.0 Å². The average Bonchev–Trinajstić information content (AvgIpc) is 2.66. The van der Waals surface area contributed by atoms with Gasteiger partial charge in [-0.3, -0.25) is 4.79 Å². The lowest BCUT2D eigenvalue weighted by Crippen LogP contribution is -2.37. The summed E-state index contributed by atoms with van der Waals surface area (Å²) < 4.78 is 25.6. The minimum absolute atomic E-state index is 0.137. The van der Waals surface area contributed by atoms with E-state index in [0.717, 1.165) is 25.2 Å². The van der Waals surface area contributed by atoms with Crippen LogP contribution in [0, 0.1) is 5.92 Å². The van der Waals surface area contributed by atoms with Gasteiger partial charge in [0.05, 0.1) is 4.90 Å². The first-order valence-electron chi connectivity index (χ1n) is 9.12. The Morgan fingerprint density at radius 2 is 1.85 bits per heavy atom. The van der Waals surface area contributed by atoms with Gasteiger partial charge in [0.2, 0.25) is 15.9 Å². The molecule has 1 aromatic carbocycles. The lowest BCUT2D eigenvalue weighted by Gasteiger charge is -2.29. The normalized spacial score (nSPS) is 17.3. The van der Waals surface area contributed by atoms with Crippen LogP contribution in [0.25, 0.3) is 6.08 Å². The van der Waals surface area contributed by atoms with Crippen molar-refractivity contribution in [1.29, 1.82) is 0 Å². The lowest BCUT2D eigenvalue weighted by molar-refractivity contribution is -0.116. The molecule has 1 aromatic rings. The fourth-order valence-electron chi connectivity index (χ4n) is 3.03. The summed E-state index contributed by atoms with van der Waals surface area (Å²) in [6.45, 7) is 6.15. The third kappa shape index (κ3) is 6.55. The molecule has 0 spiro atoms. The van der Waals surface area contributed by atoms with Crippen molar-refractivity contribution in [1.82, 2.24) is 14.9 Å². The molecule has 0 bridgehead atoms. The van der Waals surface area contributed by atoms with Crippen LogP contribution in [0.3, 0.4) is 0 Å². The highest BCUT2D eigenvalue weighted by Gasteiger charge is 2.13.